The van der Waals surface area contributed by atoms with Crippen LogP contribution in [0.4, 0.5) is 12.9 Å². The van der Waals surface area contributed by atoms with Crippen LogP contribution in [0.3, 0.4) is 0 Å². The van der Waals surface area contributed by atoms with Gasteiger partial charge in [0.05, 0.1) is 6.61 Å². The van der Waals surface area contributed by atoms with E-state index in [1.165, 1.54) is 20.8 Å². The van der Waals surface area contributed by atoms with E-state index in [2.05, 4.69) is 0 Å². The molecule has 0 bridgehead atoms. The summed E-state index contributed by atoms with van der Waals surface area (Å²) in [5.74, 6) is 0. The van der Waals surface area contributed by atoms with Gasteiger partial charge < -0.3 is 17.7 Å². The van der Waals surface area contributed by atoms with Crippen LogP contribution in [0.5, 0.6) is 0 Å². The molecule has 0 aromatic heterocycles. The summed E-state index contributed by atoms with van der Waals surface area (Å²) in [5.41, 5.74) is -0.186. The van der Waals surface area contributed by atoms with Gasteiger partial charge in [-0.05, 0) is 11.0 Å². The van der Waals surface area contributed by atoms with Gasteiger partial charge in [-0.2, -0.15) is 0 Å². The fraction of sp³-hybridized carbons (Fsp3) is 0.500. The summed E-state index contributed by atoms with van der Waals surface area (Å²) >= 11 is 0. The maximum atomic E-state index is 12.9. The van der Waals surface area contributed by atoms with E-state index in [1.807, 2.05) is 6.07 Å². The van der Waals surface area contributed by atoms with Crippen molar-refractivity contribution in [2.45, 2.75) is 33.4 Å². The van der Waals surface area contributed by atoms with Gasteiger partial charge in [0.25, 0.3) is 0 Å². The van der Waals surface area contributed by atoms with Gasteiger partial charge in [0.15, 0.2) is 0 Å². The van der Waals surface area contributed by atoms with Gasteiger partial charge in [-0.25, -0.2) is 0 Å². The normalized spacial score (nSPS) is 13.9. The molecule has 0 spiro atoms. The van der Waals surface area contributed by atoms with Gasteiger partial charge >= 0.3 is 58.4 Å². The summed E-state index contributed by atoms with van der Waals surface area (Å²) < 4.78 is 43.6. The van der Waals surface area contributed by atoms with Crippen LogP contribution in [0.1, 0.15) is 26.3 Å². The zero-order valence-corrected chi connectivity index (χ0v) is 14.4. The third-order valence-electron chi connectivity index (χ3n) is 2.47. The van der Waals surface area contributed by atoms with Crippen molar-refractivity contribution < 1.29 is 69.1 Å². The van der Waals surface area contributed by atoms with Crippen molar-refractivity contribution >= 4 is 6.98 Å². The molecule has 1 nitrogen and oxygen atoms in total. The quantitative estimate of drug-likeness (QED) is 0.750. The van der Waals surface area contributed by atoms with Crippen LogP contribution in [-0.2, 0) is 11.3 Å². The molecule has 1 unspecified atom stereocenters. The minimum absolute atomic E-state index is 0. The first-order chi connectivity index (χ1) is 7.71. The number of benzene rings is 1. The fourth-order valence-electron chi connectivity index (χ4n) is 1.69. The molecule has 96 valence electrons. The first-order valence-corrected chi connectivity index (χ1v) is 5.57. The van der Waals surface area contributed by atoms with Crippen LogP contribution in [-0.4, -0.2) is 13.0 Å². The standard InChI is InChI=1S/C12H17BF3O.K/c1-12(2,3)11(13(14,15)16)17-9-10-7-5-4-6-8-10;/h4-8,11H,9H2,1-3H3;/q-1;+1. The molecule has 0 saturated heterocycles. The molecule has 0 fully saturated rings. The molecule has 1 aromatic carbocycles. The predicted octanol–water partition coefficient (Wildman–Crippen LogP) is 1.01. The van der Waals surface area contributed by atoms with Crippen molar-refractivity contribution in [2.24, 2.45) is 5.41 Å². The first-order valence-electron chi connectivity index (χ1n) is 5.57. The second-order valence-corrected chi connectivity index (χ2v) is 5.21. The first kappa shape index (κ1) is 18.7. The summed E-state index contributed by atoms with van der Waals surface area (Å²) in [4.78, 5) is 0. The van der Waals surface area contributed by atoms with Crippen molar-refractivity contribution in [1.82, 2.24) is 0 Å². The smallest absolute Gasteiger partial charge is 0.447 e. The number of rotatable bonds is 4. The Kier molecular flexibility index (Phi) is 7.73. The SMILES string of the molecule is CC(C)(C)C(OCc1ccccc1)[B-](F)(F)F.[K+]. The van der Waals surface area contributed by atoms with Crippen molar-refractivity contribution in [1.29, 1.82) is 0 Å². The zero-order valence-electron chi connectivity index (χ0n) is 11.3. The molecule has 1 atom stereocenters. The molecule has 0 radical (unpaired) electrons. The minimum atomic E-state index is -5.00. The third kappa shape index (κ3) is 6.21. The molecule has 0 aliphatic heterocycles. The minimum Gasteiger partial charge on any atom is -0.447 e. The molecule has 18 heavy (non-hydrogen) atoms. The Morgan fingerprint density at radius 1 is 1.11 bits per heavy atom. The second-order valence-electron chi connectivity index (χ2n) is 5.21. The van der Waals surface area contributed by atoms with Gasteiger partial charge in [-0.3, -0.25) is 0 Å². The van der Waals surface area contributed by atoms with Gasteiger partial charge in [0.2, 0.25) is 0 Å². The monoisotopic (exact) mass is 284 g/mol. The van der Waals surface area contributed by atoms with Gasteiger partial charge in [0.1, 0.15) is 0 Å². The molecule has 0 saturated carbocycles. The number of halogens is 3. The van der Waals surface area contributed by atoms with Crippen molar-refractivity contribution in [2.75, 3.05) is 0 Å². The summed E-state index contributed by atoms with van der Waals surface area (Å²) in [6.45, 7) is -0.387. The van der Waals surface area contributed by atoms with E-state index < -0.39 is 18.4 Å². The maximum absolute atomic E-state index is 12.9. The second kappa shape index (κ2) is 7.45. The average Bonchev–Trinajstić information content (AvgIpc) is 2.15. The van der Waals surface area contributed by atoms with Gasteiger partial charge in [-0.15, -0.1) is 0 Å². The molecule has 1 aromatic rings. The van der Waals surface area contributed by atoms with Crippen LogP contribution >= 0.6 is 0 Å². The number of ether oxygens (including phenoxy) is 1. The summed E-state index contributed by atoms with van der Waals surface area (Å²) in [5, 5.41) is 0. The van der Waals surface area contributed by atoms with E-state index in [0.717, 1.165) is 5.56 Å². The molecular weight excluding hydrogens is 267 g/mol. The van der Waals surface area contributed by atoms with Gasteiger partial charge in [0, 0.05) is 6.00 Å². The van der Waals surface area contributed by atoms with Crippen molar-refractivity contribution in [3.8, 4) is 0 Å². The molecule has 0 aliphatic carbocycles. The van der Waals surface area contributed by atoms with Crippen LogP contribution in [0.25, 0.3) is 0 Å². The Balaban J connectivity index is 0.00000289. The Bertz CT molecular complexity index is 335. The maximum Gasteiger partial charge on any atom is 1.00 e. The topological polar surface area (TPSA) is 9.23 Å². The summed E-state index contributed by atoms with van der Waals surface area (Å²) in [6, 6.07) is 7.19. The summed E-state index contributed by atoms with van der Waals surface area (Å²) in [6.07, 6.45) is 0. The van der Waals surface area contributed by atoms with E-state index >= 15 is 0 Å². The van der Waals surface area contributed by atoms with E-state index in [9.17, 15) is 12.9 Å². The molecule has 1 rings (SSSR count). The van der Waals surface area contributed by atoms with E-state index in [-0.39, 0.29) is 58.0 Å². The van der Waals surface area contributed by atoms with Crippen LogP contribution in [0.15, 0.2) is 30.3 Å². The molecule has 0 aliphatic rings. The van der Waals surface area contributed by atoms with Crippen molar-refractivity contribution in [3.63, 3.8) is 0 Å². The Morgan fingerprint density at radius 3 is 2.00 bits per heavy atom. The Hall–Kier alpha value is 0.671. The van der Waals surface area contributed by atoms with E-state index in [1.54, 1.807) is 24.3 Å². The zero-order chi connectivity index (χ0) is 13.1. The number of hydrogen-bond acceptors (Lipinski definition) is 1. The molecule has 0 amide bonds. The Labute approximate surface area is 149 Å². The summed E-state index contributed by atoms with van der Waals surface area (Å²) in [7, 11) is 0. The molecule has 0 N–H and O–H groups in total. The number of hydrogen-bond donors (Lipinski definition) is 0. The van der Waals surface area contributed by atoms with Gasteiger partial charge in [-0.1, -0.05) is 51.1 Å². The third-order valence-corrected chi connectivity index (χ3v) is 2.47. The molecule has 6 heteroatoms. The van der Waals surface area contributed by atoms with Crippen molar-refractivity contribution in [3.05, 3.63) is 35.9 Å². The largest absolute Gasteiger partial charge is 1.00 e. The fourth-order valence-corrected chi connectivity index (χ4v) is 1.69. The molecular formula is C12H17BF3KO. The predicted molar refractivity (Wildman–Crippen MR) is 63.6 cm³/mol. The van der Waals surface area contributed by atoms with Crippen LogP contribution < -0.4 is 51.4 Å². The van der Waals surface area contributed by atoms with E-state index in [0.29, 0.717) is 0 Å². The average molecular weight is 284 g/mol. The van der Waals surface area contributed by atoms with Crippen LogP contribution in [0, 0.1) is 5.41 Å². The molecule has 0 heterocycles. The Morgan fingerprint density at radius 2 is 1.61 bits per heavy atom. The van der Waals surface area contributed by atoms with E-state index in [4.69, 9.17) is 4.74 Å². The van der Waals surface area contributed by atoms with Crippen LogP contribution in [0.2, 0.25) is 0 Å².